The van der Waals surface area contributed by atoms with E-state index in [2.05, 4.69) is 121 Å². The number of ether oxygens (including phenoxy) is 1. The molecule has 0 aromatic heterocycles. The van der Waals surface area contributed by atoms with Crippen LogP contribution in [0.5, 0.6) is 0 Å². The summed E-state index contributed by atoms with van der Waals surface area (Å²) in [5.74, 6) is 8.63. The summed E-state index contributed by atoms with van der Waals surface area (Å²) >= 11 is 1.72. The van der Waals surface area contributed by atoms with Gasteiger partial charge in [0, 0.05) is 61.0 Å². The predicted octanol–water partition coefficient (Wildman–Crippen LogP) is 15.5. The minimum absolute atomic E-state index is 0.00150. The Bertz CT molecular complexity index is 2880. The molecule has 0 radical (unpaired) electrons. The van der Waals surface area contributed by atoms with Crippen LogP contribution in [0.4, 0.5) is 5.69 Å². The summed E-state index contributed by atoms with van der Waals surface area (Å²) in [6.45, 7) is 19.6. The van der Waals surface area contributed by atoms with E-state index in [1.807, 2.05) is 56.5 Å². The zero-order valence-corrected chi connectivity index (χ0v) is 50.1. The molecule has 0 spiro atoms. The second kappa shape index (κ2) is 24.1. The van der Waals surface area contributed by atoms with E-state index >= 15 is 0 Å². The van der Waals surface area contributed by atoms with Crippen molar-refractivity contribution in [2.75, 3.05) is 25.3 Å². The Morgan fingerprint density at radius 1 is 0.654 bits per heavy atom. The Hall–Kier alpha value is -4.89. The lowest BCUT2D eigenvalue weighted by Crippen LogP contribution is -2.45. The van der Waals surface area contributed by atoms with Gasteiger partial charge in [0.1, 0.15) is 5.60 Å². The van der Waals surface area contributed by atoms with E-state index in [1.165, 1.54) is 49.6 Å². The normalized spacial score (nSPS) is 29.9. The third-order valence-corrected chi connectivity index (χ3v) is 20.9. The molecular formula is C71H91NO5S. The molecule has 78 heavy (non-hydrogen) atoms. The van der Waals surface area contributed by atoms with Crippen LogP contribution in [0.25, 0.3) is 0 Å². The van der Waals surface area contributed by atoms with Crippen molar-refractivity contribution >= 4 is 29.0 Å². The quantitative estimate of drug-likeness (QED) is 0.188. The summed E-state index contributed by atoms with van der Waals surface area (Å²) in [6.07, 6.45) is 29.5. The summed E-state index contributed by atoms with van der Waals surface area (Å²) < 4.78 is 4.85. The Labute approximate surface area is 474 Å². The number of aliphatic hydroxyl groups excluding tert-OH is 2. The smallest absolute Gasteiger partial charge is 0.156 e. The molecule has 0 amide bonds. The molecular weight excluding hydrogens is 979 g/mol. The number of aliphatic hydroxyl groups is 2. The van der Waals surface area contributed by atoms with Crippen LogP contribution in [0.2, 0.25) is 0 Å². The number of benzene rings is 3. The van der Waals surface area contributed by atoms with Crippen molar-refractivity contribution in [1.29, 1.82) is 0 Å². The van der Waals surface area contributed by atoms with Crippen molar-refractivity contribution in [3.05, 3.63) is 141 Å². The van der Waals surface area contributed by atoms with E-state index in [4.69, 9.17) is 17.6 Å². The summed E-state index contributed by atoms with van der Waals surface area (Å²) in [5.41, 5.74) is 15.0. The highest BCUT2D eigenvalue weighted by Crippen LogP contribution is 2.65. The number of rotatable bonds is 6. The minimum atomic E-state index is -0.389. The van der Waals surface area contributed by atoms with Gasteiger partial charge in [-0.1, -0.05) is 94.0 Å². The fourth-order valence-electron chi connectivity index (χ4n) is 15.1. The van der Waals surface area contributed by atoms with Gasteiger partial charge in [-0.15, -0.1) is 24.6 Å². The van der Waals surface area contributed by atoms with Crippen LogP contribution in [-0.2, 0) is 19.7 Å². The van der Waals surface area contributed by atoms with E-state index < -0.39 is 0 Å². The number of hydrogen-bond donors (Lipinski definition) is 2. The molecule has 3 aromatic rings. The summed E-state index contributed by atoms with van der Waals surface area (Å²) in [4.78, 5) is 27.8. The lowest BCUT2D eigenvalue weighted by molar-refractivity contribution is -0.115. The molecule has 0 aliphatic heterocycles. The van der Waals surface area contributed by atoms with Crippen LogP contribution >= 0.6 is 11.8 Å². The molecule has 11 rings (SSSR count). The average molecular weight is 1070 g/mol. The van der Waals surface area contributed by atoms with Crippen molar-refractivity contribution in [2.24, 2.45) is 34.5 Å². The first-order valence-corrected chi connectivity index (χ1v) is 30.6. The number of anilines is 1. The number of carbonyl (C=O) groups excluding carboxylic acids is 2. The topological polar surface area (TPSA) is 87.1 Å². The molecule has 10 atom stereocenters. The monoisotopic (exact) mass is 1070 g/mol. The molecule has 10 unspecified atom stereocenters. The Morgan fingerprint density at radius 3 is 1.47 bits per heavy atom. The molecule has 0 saturated heterocycles. The molecule has 8 aliphatic rings. The Kier molecular flexibility index (Phi) is 18.3. The summed E-state index contributed by atoms with van der Waals surface area (Å²) in [5, 5.41) is 22.0. The highest BCUT2D eigenvalue weighted by Gasteiger charge is 2.58. The van der Waals surface area contributed by atoms with Crippen molar-refractivity contribution in [3.8, 4) is 24.7 Å². The van der Waals surface area contributed by atoms with Gasteiger partial charge in [0.25, 0.3) is 0 Å². The first-order valence-electron chi connectivity index (χ1n) is 29.3. The molecule has 4 saturated carbocycles. The van der Waals surface area contributed by atoms with Crippen LogP contribution in [0.1, 0.15) is 186 Å². The molecule has 6 nitrogen and oxygen atoms in total. The molecule has 8 aliphatic carbocycles. The molecule has 416 valence electrons. The van der Waals surface area contributed by atoms with Crippen LogP contribution in [0, 0.1) is 59.2 Å². The fourth-order valence-corrected chi connectivity index (χ4v) is 15.5. The van der Waals surface area contributed by atoms with Crippen LogP contribution in [-0.4, -0.2) is 66.0 Å². The van der Waals surface area contributed by atoms with Crippen LogP contribution < -0.4 is 4.90 Å². The molecule has 7 heteroatoms. The highest BCUT2D eigenvalue weighted by atomic mass is 32.2. The predicted molar refractivity (Wildman–Crippen MR) is 324 cm³/mol. The number of terminal acetylenes is 2. The SMILES string of the molecule is C#CC(C)(C)OC.C#Cc1ccc(SC)cc1.CC(C)(C)c1ccc(C2CC3(C)C(O)CCC3C3CCC4=CC(=O)CCC4=C23)cc1.CC(C)N(C)c1ccc(C2CC3(C)C(O)CCC3C3CCC4=CC(=O)CCC4=C23)cc1. The Morgan fingerprint density at radius 2 is 1.10 bits per heavy atom. The molecule has 0 bridgehead atoms. The standard InChI is InChI=1S/C28H37NO2.C28H36O2.C9H8S.C6H10O/c1-17(2)29(4)20-8-5-18(6-9-20)24-16-28(3)25(13-14-26(28)31)23-11-7-19-15-21(30)10-12-22(19)27(23)24;1-27(2,3)19-8-5-17(6-9-19)23-16-28(4)24(13-14-25(28)30)22-11-7-18-15-20(29)10-12-21(18)26(22)23;1-3-8-4-6-9(10-2)7-5-8;1-5-6(2,3)7-4/h5-6,8-9,15,17,23-26,31H,7,10-14,16H2,1-4H3;5-6,8-9,15,22-25,30H,7,10-14,16H2,1-4H3;1,4-7H,2H3;1H,2-4H3. The number of carbonyl (C=O) groups is 2. The van der Waals surface area contributed by atoms with E-state index in [0.29, 0.717) is 66.0 Å². The first kappa shape index (κ1) is 59.2. The molecule has 2 N–H and O–H groups in total. The maximum Gasteiger partial charge on any atom is 0.156 e. The van der Waals surface area contributed by atoms with Gasteiger partial charge in [-0.3, -0.25) is 9.59 Å². The van der Waals surface area contributed by atoms with E-state index in [-0.39, 0.29) is 34.1 Å². The molecule has 0 heterocycles. The lowest BCUT2D eigenvalue weighted by Gasteiger charge is -2.52. The van der Waals surface area contributed by atoms with Gasteiger partial charge in [-0.25, -0.2) is 0 Å². The minimum Gasteiger partial charge on any atom is -0.393 e. The zero-order chi connectivity index (χ0) is 56.5. The lowest BCUT2D eigenvalue weighted by atomic mass is 9.53. The second-order valence-electron chi connectivity index (χ2n) is 26.3. The van der Waals surface area contributed by atoms with Crippen molar-refractivity contribution in [3.63, 3.8) is 0 Å². The number of ketones is 2. The van der Waals surface area contributed by atoms with Crippen LogP contribution in [0.3, 0.4) is 0 Å². The third-order valence-electron chi connectivity index (χ3n) is 20.1. The number of nitrogens with zero attached hydrogens (tertiary/aromatic N) is 1. The third kappa shape index (κ3) is 12.2. The number of thioether (sulfide) groups is 1. The first-order chi connectivity index (χ1) is 37.0. The van der Waals surface area contributed by atoms with Gasteiger partial charge in [-0.2, -0.15) is 0 Å². The number of hydrogen-bond acceptors (Lipinski definition) is 7. The Balaban J connectivity index is 0.000000159. The number of methoxy groups -OCH3 is 1. The maximum atomic E-state index is 12.1. The van der Waals surface area contributed by atoms with Crippen molar-refractivity contribution < 1.29 is 24.5 Å². The summed E-state index contributed by atoms with van der Waals surface area (Å²) in [6, 6.07) is 26.9. The van der Waals surface area contributed by atoms with Gasteiger partial charge in [-0.05, 0) is 238 Å². The van der Waals surface area contributed by atoms with Gasteiger partial charge in [0.15, 0.2) is 11.6 Å². The van der Waals surface area contributed by atoms with Crippen LogP contribution in [0.15, 0.2) is 123 Å². The number of allylic oxidation sites excluding steroid dienone is 8. The van der Waals surface area contributed by atoms with Gasteiger partial charge < -0.3 is 19.8 Å². The summed E-state index contributed by atoms with van der Waals surface area (Å²) in [7, 11) is 3.75. The largest absolute Gasteiger partial charge is 0.393 e. The zero-order valence-electron chi connectivity index (χ0n) is 49.3. The van der Waals surface area contributed by atoms with E-state index in [0.717, 1.165) is 82.6 Å². The van der Waals surface area contributed by atoms with Gasteiger partial charge in [0.05, 0.1) is 12.2 Å². The second-order valence-corrected chi connectivity index (χ2v) is 27.1. The molecule has 3 aromatic carbocycles. The average Bonchev–Trinajstić information content (AvgIpc) is 4.09. The van der Waals surface area contributed by atoms with Crippen molar-refractivity contribution in [1.82, 2.24) is 0 Å². The molecule has 4 fully saturated rings. The van der Waals surface area contributed by atoms with Crippen molar-refractivity contribution in [2.45, 2.75) is 198 Å². The van der Waals surface area contributed by atoms with E-state index in [9.17, 15) is 19.8 Å². The fraction of sp³-hybridized carbons (Fsp3) is 0.549. The van der Waals surface area contributed by atoms with Gasteiger partial charge in [0.2, 0.25) is 0 Å². The maximum absolute atomic E-state index is 12.1. The van der Waals surface area contributed by atoms with Gasteiger partial charge >= 0.3 is 0 Å². The number of fused-ring (bicyclic) bond motifs is 8. The highest BCUT2D eigenvalue weighted by molar-refractivity contribution is 7.98. The van der Waals surface area contributed by atoms with E-state index in [1.54, 1.807) is 30.0 Å².